The van der Waals surface area contributed by atoms with Crippen molar-refractivity contribution in [3.8, 4) is 11.3 Å². The van der Waals surface area contributed by atoms with Gasteiger partial charge in [0.2, 0.25) is 5.91 Å². The highest BCUT2D eigenvalue weighted by Crippen LogP contribution is 2.28. The van der Waals surface area contributed by atoms with Crippen LogP contribution in [0, 0.1) is 5.92 Å². The summed E-state index contributed by atoms with van der Waals surface area (Å²) >= 11 is 6.43. The van der Waals surface area contributed by atoms with Crippen molar-refractivity contribution in [3.05, 3.63) is 76.9 Å². The van der Waals surface area contributed by atoms with Gasteiger partial charge in [0.1, 0.15) is 13.7 Å². The van der Waals surface area contributed by atoms with Crippen LogP contribution in [0.25, 0.3) is 16.9 Å². The van der Waals surface area contributed by atoms with Gasteiger partial charge in [0.05, 0.1) is 5.69 Å². The molecule has 0 spiro atoms. The first-order valence-corrected chi connectivity index (χ1v) is 12.0. The van der Waals surface area contributed by atoms with Crippen LogP contribution in [0.5, 0.6) is 0 Å². The third-order valence-corrected chi connectivity index (χ3v) is 6.34. The normalized spacial score (nSPS) is 12.0. The third kappa shape index (κ3) is 5.60. The van der Waals surface area contributed by atoms with E-state index in [9.17, 15) is 4.79 Å². The molecule has 2 heterocycles. The summed E-state index contributed by atoms with van der Waals surface area (Å²) < 4.78 is 1.82. The number of fused-ring (bicyclic) bond motifs is 1. The molecule has 2 N–H and O–H groups in total. The summed E-state index contributed by atoms with van der Waals surface area (Å²) in [6.45, 7) is 5.37. The molecule has 174 valence electrons. The maximum atomic E-state index is 12.0. The Morgan fingerprint density at radius 3 is 2.53 bits per heavy atom. The van der Waals surface area contributed by atoms with E-state index in [0.717, 1.165) is 45.7 Å². The fourth-order valence-corrected chi connectivity index (χ4v) is 3.94. The number of amides is 1. The first-order valence-electron chi connectivity index (χ1n) is 11.6. The summed E-state index contributed by atoms with van der Waals surface area (Å²) in [5, 5.41) is 11.6. The lowest BCUT2D eigenvalue weighted by Gasteiger charge is -2.13. The molecule has 0 saturated heterocycles. The number of hydrogen-bond donors (Lipinski definition) is 2. The monoisotopic (exact) mass is 473 g/mol. The Kier molecular flexibility index (Phi) is 7.53. The Morgan fingerprint density at radius 2 is 1.82 bits per heavy atom. The minimum atomic E-state index is 0.102. The summed E-state index contributed by atoms with van der Waals surface area (Å²) in [6, 6.07) is 17.9. The lowest BCUT2D eigenvalue weighted by Crippen LogP contribution is -2.24. The van der Waals surface area contributed by atoms with Crippen LogP contribution < -0.4 is 16.1 Å². The standard InChI is InChI=1S/C26H29BClN5O/c1-3-17(2)12-25(34)30-15-19-10-8-18(9-11-19)14-29-24-13-23(20-6-4-5-7-22(20)28)32-26-21(27)16-31-33(24)26/h4-11,13,16-17,29H,3,12,14-15,27H2,1-2H3,(H,30,34). The van der Waals surface area contributed by atoms with Crippen molar-refractivity contribution >= 4 is 42.3 Å². The number of aromatic nitrogens is 3. The third-order valence-electron chi connectivity index (χ3n) is 6.02. The van der Waals surface area contributed by atoms with Crippen molar-refractivity contribution in [1.29, 1.82) is 0 Å². The molecule has 0 aliphatic heterocycles. The van der Waals surface area contributed by atoms with Crippen LogP contribution in [-0.2, 0) is 17.9 Å². The first kappa shape index (κ1) is 23.8. The quantitative estimate of drug-likeness (QED) is 0.361. The van der Waals surface area contributed by atoms with Gasteiger partial charge in [0.25, 0.3) is 0 Å². The molecule has 0 fully saturated rings. The average Bonchev–Trinajstić information content (AvgIpc) is 3.22. The van der Waals surface area contributed by atoms with Gasteiger partial charge in [0.15, 0.2) is 5.65 Å². The van der Waals surface area contributed by atoms with Crippen molar-refractivity contribution in [2.75, 3.05) is 5.32 Å². The number of anilines is 1. The fraction of sp³-hybridized carbons (Fsp3) is 0.269. The molecule has 1 amide bonds. The molecule has 2 aromatic heterocycles. The second-order valence-corrected chi connectivity index (χ2v) is 9.14. The van der Waals surface area contributed by atoms with Crippen molar-refractivity contribution in [3.63, 3.8) is 0 Å². The van der Waals surface area contributed by atoms with E-state index in [0.29, 0.717) is 30.5 Å². The Balaban J connectivity index is 1.46. The Hall–Kier alpha value is -3.32. The van der Waals surface area contributed by atoms with E-state index in [1.165, 1.54) is 0 Å². The van der Waals surface area contributed by atoms with Gasteiger partial charge in [-0.25, -0.2) is 4.98 Å². The van der Waals surface area contributed by atoms with Gasteiger partial charge < -0.3 is 10.6 Å². The van der Waals surface area contributed by atoms with Gasteiger partial charge in [-0.1, -0.05) is 74.3 Å². The highest BCUT2D eigenvalue weighted by Gasteiger charge is 2.12. The lowest BCUT2D eigenvalue weighted by molar-refractivity contribution is -0.122. The van der Waals surface area contributed by atoms with Crippen LogP contribution in [0.15, 0.2) is 60.8 Å². The molecule has 34 heavy (non-hydrogen) atoms. The van der Waals surface area contributed by atoms with Crippen molar-refractivity contribution in [1.82, 2.24) is 19.9 Å². The fourth-order valence-electron chi connectivity index (χ4n) is 3.71. The van der Waals surface area contributed by atoms with E-state index in [-0.39, 0.29) is 5.91 Å². The van der Waals surface area contributed by atoms with Crippen LogP contribution in [-0.4, -0.2) is 28.4 Å². The van der Waals surface area contributed by atoms with Gasteiger partial charge >= 0.3 is 0 Å². The van der Waals surface area contributed by atoms with E-state index in [1.54, 1.807) is 0 Å². The summed E-state index contributed by atoms with van der Waals surface area (Å²) in [5.74, 6) is 1.35. The molecule has 2 aromatic carbocycles. The highest BCUT2D eigenvalue weighted by molar-refractivity contribution is 6.36. The Morgan fingerprint density at radius 1 is 1.12 bits per heavy atom. The van der Waals surface area contributed by atoms with E-state index in [4.69, 9.17) is 16.6 Å². The minimum Gasteiger partial charge on any atom is -0.366 e. The SMILES string of the molecule is Bc1cnn2c(NCc3ccc(CNC(=O)CC(C)CC)cc3)cc(-c3ccccc3Cl)nc12. The zero-order valence-electron chi connectivity index (χ0n) is 19.8. The molecule has 0 bridgehead atoms. The molecule has 6 nitrogen and oxygen atoms in total. The maximum absolute atomic E-state index is 12.0. The zero-order valence-corrected chi connectivity index (χ0v) is 20.6. The predicted molar refractivity (Wildman–Crippen MR) is 141 cm³/mol. The molecule has 0 saturated carbocycles. The minimum absolute atomic E-state index is 0.102. The van der Waals surface area contributed by atoms with Crippen LogP contribution >= 0.6 is 11.6 Å². The first-order chi connectivity index (χ1) is 16.4. The Labute approximate surface area is 206 Å². The molecule has 0 aliphatic rings. The number of nitrogens with one attached hydrogen (secondary N) is 2. The topological polar surface area (TPSA) is 71.3 Å². The van der Waals surface area contributed by atoms with Crippen LogP contribution in [0.2, 0.25) is 5.02 Å². The molecule has 0 radical (unpaired) electrons. The molecule has 4 rings (SSSR count). The van der Waals surface area contributed by atoms with Gasteiger partial charge in [-0.15, -0.1) is 0 Å². The van der Waals surface area contributed by atoms with E-state index >= 15 is 0 Å². The molecule has 1 atom stereocenters. The van der Waals surface area contributed by atoms with Crippen molar-refractivity contribution in [2.45, 2.75) is 39.8 Å². The number of halogens is 1. The number of hydrogen-bond acceptors (Lipinski definition) is 4. The molecule has 1 unspecified atom stereocenters. The highest BCUT2D eigenvalue weighted by atomic mass is 35.5. The van der Waals surface area contributed by atoms with E-state index in [2.05, 4.69) is 53.8 Å². The van der Waals surface area contributed by atoms with Crippen molar-refractivity contribution in [2.24, 2.45) is 5.92 Å². The summed E-state index contributed by atoms with van der Waals surface area (Å²) in [6.07, 6.45) is 3.40. The lowest BCUT2D eigenvalue weighted by atomic mass is 10.0. The predicted octanol–water partition coefficient (Wildman–Crippen LogP) is 3.97. The largest absolute Gasteiger partial charge is 0.366 e. The number of nitrogens with zero attached hydrogens (tertiary/aromatic N) is 3. The number of benzene rings is 2. The maximum Gasteiger partial charge on any atom is 0.220 e. The molecular weight excluding hydrogens is 445 g/mol. The van der Waals surface area contributed by atoms with Gasteiger partial charge in [0, 0.05) is 42.4 Å². The zero-order chi connectivity index (χ0) is 24.1. The van der Waals surface area contributed by atoms with Crippen LogP contribution in [0.1, 0.15) is 37.8 Å². The van der Waals surface area contributed by atoms with Gasteiger partial charge in [-0.3, -0.25) is 4.79 Å². The van der Waals surface area contributed by atoms with Crippen molar-refractivity contribution < 1.29 is 4.79 Å². The van der Waals surface area contributed by atoms with Gasteiger partial charge in [-0.2, -0.15) is 9.61 Å². The molecule has 4 aromatic rings. The van der Waals surface area contributed by atoms with Crippen LogP contribution in [0.4, 0.5) is 5.82 Å². The summed E-state index contributed by atoms with van der Waals surface area (Å²) in [5.41, 5.74) is 5.68. The van der Waals surface area contributed by atoms with Crippen LogP contribution in [0.3, 0.4) is 0 Å². The Bertz CT molecular complexity index is 1290. The smallest absolute Gasteiger partial charge is 0.220 e. The second-order valence-electron chi connectivity index (χ2n) is 8.73. The van der Waals surface area contributed by atoms with E-state index < -0.39 is 0 Å². The summed E-state index contributed by atoms with van der Waals surface area (Å²) in [7, 11) is 2.00. The second kappa shape index (κ2) is 10.7. The summed E-state index contributed by atoms with van der Waals surface area (Å²) in [4.78, 5) is 16.8. The molecule has 0 aliphatic carbocycles. The number of carbonyl (C=O) groups excluding carboxylic acids is 1. The number of rotatable bonds is 9. The van der Waals surface area contributed by atoms with E-state index in [1.807, 2.05) is 48.9 Å². The number of carbonyl (C=O) groups is 1. The van der Waals surface area contributed by atoms with Gasteiger partial charge in [-0.05, 0) is 28.6 Å². The molecule has 8 heteroatoms. The average molecular weight is 474 g/mol. The molecular formula is C26H29BClN5O.